The number of amides is 3. The molecule has 2 aromatic carbocycles. The predicted molar refractivity (Wildman–Crippen MR) is 105 cm³/mol. The number of hydrogen-bond acceptors (Lipinski definition) is 3. The van der Waals surface area contributed by atoms with Gasteiger partial charge in [0, 0.05) is 31.2 Å². The number of imidazole rings is 1. The lowest BCUT2D eigenvalue weighted by Crippen LogP contribution is -2.23. The monoisotopic (exact) mass is 363 g/mol. The molecular weight excluding hydrogens is 342 g/mol. The van der Waals surface area contributed by atoms with Crippen molar-refractivity contribution in [2.24, 2.45) is 7.05 Å². The molecule has 1 heterocycles. The Morgan fingerprint density at radius 2 is 1.74 bits per heavy atom. The summed E-state index contributed by atoms with van der Waals surface area (Å²) in [4.78, 5) is 28.2. The van der Waals surface area contributed by atoms with Crippen molar-refractivity contribution in [1.29, 1.82) is 0 Å². The van der Waals surface area contributed by atoms with Crippen molar-refractivity contribution in [3.05, 3.63) is 77.9 Å². The summed E-state index contributed by atoms with van der Waals surface area (Å²) in [6.45, 7) is 2.30. The van der Waals surface area contributed by atoms with Crippen LogP contribution in [0.5, 0.6) is 0 Å². The summed E-state index contributed by atoms with van der Waals surface area (Å²) in [6, 6.07) is 14.6. The normalized spacial score (nSPS) is 10.3. The van der Waals surface area contributed by atoms with Gasteiger partial charge in [-0.15, -0.1) is 0 Å². The maximum atomic E-state index is 12.2. The Balaban J connectivity index is 1.56. The fraction of sp³-hybridized carbons (Fsp3) is 0.150. The summed E-state index contributed by atoms with van der Waals surface area (Å²) in [5, 5.41) is 8.40. The van der Waals surface area contributed by atoms with E-state index >= 15 is 0 Å². The summed E-state index contributed by atoms with van der Waals surface area (Å²) in [6.07, 6.45) is 3.23. The lowest BCUT2D eigenvalue weighted by Gasteiger charge is -2.10. The molecule has 0 aliphatic rings. The average Bonchev–Trinajstić information content (AvgIpc) is 3.06. The second-order valence-corrected chi connectivity index (χ2v) is 6.26. The molecule has 7 nitrogen and oxygen atoms in total. The molecule has 3 rings (SSSR count). The van der Waals surface area contributed by atoms with Gasteiger partial charge in [-0.25, -0.2) is 9.78 Å². The molecule has 3 N–H and O–H groups in total. The Hall–Kier alpha value is -3.61. The zero-order chi connectivity index (χ0) is 19.2. The fourth-order valence-electron chi connectivity index (χ4n) is 2.58. The highest BCUT2D eigenvalue weighted by Gasteiger charge is 2.08. The molecule has 0 saturated carbocycles. The van der Waals surface area contributed by atoms with E-state index in [1.54, 1.807) is 30.2 Å². The molecule has 7 heteroatoms. The van der Waals surface area contributed by atoms with Crippen LogP contribution in [-0.4, -0.2) is 21.5 Å². The highest BCUT2D eigenvalue weighted by Crippen LogP contribution is 2.13. The number of aryl methyl sites for hydroxylation is 2. The highest BCUT2D eigenvalue weighted by molar-refractivity contribution is 5.99. The summed E-state index contributed by atoms with van der Waals surface area (Å²) >= 11 is 0. The van der Waals surface area contributed by atoms with E-state index in [1.165, 1.54) is 0 Å². The number of nitrogens with one attached hydrogen (secondary N) is 3. The Labute approximate surface area is 157 Å². The molecule has 27 heavy (non-hydrogen) atoms. The molecule has 3 aromatic rings. The van der Waals surface area contributed by atoms with Gasteiger partial charge in [-0.3, -0.25) is 4.79 Å². The highest BCUT2D eigenvalue weighted by atomic mass is 16.2. The number of carbonyl (C=O) groups excluding carboxylic acids is 2. The average molecular weight is 363 g/mol. The zero-order valence-electron chi connectivity index (χ0n) is 15.2. The third-order valence-electron chi connectivity index (χ3n) is 3.85. The van der Waals surface area contributed by atoms with Gasteiger partial charge >= 0.3 is 6.03 Å². The van der Waals surface area contributed by atoms with Crippen molar-refractivity contribution < 1.29 is 9.59 Å². The fourth-order valence-corrected chi connectivity index (χ4v) is 2.58. The number of aromatic nitrogens is 2. The van der Waals surface area contributed by atoms with E-state index in [-0.39, 0.29) is 11.9 Å². The molecule has 0 fully saturated rings. The number of anilines is 2. The van der Waals surface area contributed by atoms with E-state index in [4.69, 9.17) is 0 Å². The number of urea groups is 1. The zero-order valence-corrected chi connectivity index (χ0v) is 15.2. The molecule has 0 aliphatic heterocycles. The molecule has 0 aliphatic carbocycles. The molecule has 0 radical (unpaired) electrons. The summed E-state index contributed by atoms with van der Waals surface area (Å²) in [7, 11) is 1.81. The van der Waals surface area contributed by atoms with E-state index in [0.717, 1.165) is 16.8 Å². The van der Waals surface area contributed by atoms with Gasteiger partial charge in [0.1, 0.15) is 5.69 Å². The van der Waals surface area contributed by atoms with E-state index in [2.05, 4.69) is 20.9 Å². The SMILES string of the molecule is Cc1cccc(NC(=O)Nc2cccc(CNC(=O)c3cn(C)cn3)c2)c1. The first-order valence-electron chi connectivity index (χ1n) is 8.49. The number of benzene rings is 2. The van der Waals surface area contributed by atoms with Crippen LogP contribution in [0.25, 0.3) is 0 Å². The van der Waals surface area contributed by atoms with Crippen LogP contribution in [0.4, 0.5) is 16.2 Å². The van der Waals surface area contributed by atoms with Crippen LogP contribution in [0.15, 0.2) is 61.1 Å². The molecule has 0 spiro atoms. The molecule has 1 aromatic heterocycles. The number of carbonyl (C=O) groups is 2. The van der Waals surface area contributed by atoms with E-state index in [9.17, 15) is 9.59 Å². The van der Waals surface area contributed by atoms with E-state index in [1.807, 2.05) is 49.4 Å². The lowest BCUT2D eigenvalue weighted by molar-refractivity contribution is 0.0946. The van der Waals surface area contributed by atoms with Gasteiger partial charge in [0.05, 0.1) is 6.33 Å². The first kappa shape index (κ1) is 18.2. The number of rotatable bonds is 5. The van der Waals surface area contributed by atoms with Crippen molar-refractivity contribution in [2.75, 3.05) is 10.6 Å². The van der Waals surface area contributed by atoms with Crippen LogP contribution >= 0.6 is 0 Å². The minimum Gasteiger partial charge on any atom is -0.347 e. The molecule has 138 valence electrons. The van der Waals surface area contributed by atoms with Crippen LogP contribution in [0.3, 0.4) is 0 Å². The minimum absolute atomic E-state index is 0.244. The quantitative estimate of drug-likeness (QED) is 0.650. The third kappa shape index (κ3) is 5.18. The third-order valence-corrected chi connectivity index (χ3v) is 3.85. The van der Waals surface area contributed by atoms with Gasteiger partial charge in [-0.1, -0.05) is 24.3 Å². The van der Waals surface area contributed by atoms with Gasteiger partial charge in [0.15, 0.2) is 0 Å². The van der Waals surface area contributed by atoms with Crippen LogP contribution in [0.1, 0.15) is 21.6 Å². The van der Waals surface area contributed by atoms with Crippen LogP contribution in [-0.2, 0) is 13.6 Å². The van der Waals surface area contributed by atoms with Crippen molar-refractivity contribution in [3.63, 3.8) is 0 Å². The van der Waals surface area contributed by atoms with Crippen LogP contribution in [0, 0.1) is 6.92 Å². The van der Waals surface area contributed by atoms with Gasteiger partial charge in [-0.05, 0) is 42.3 Å². The van der Waals surface area contributed by atoms with Crippen molar-refractivity contribution in [1.82, 2.24) is 14.9 Å². The number of hydrogen-bond donors (Lipinski definition) is 3. The molecular formula is C20H21N5O2. The van der Waals surface area contributed by atoms with Gasteiger partial charge in [-0.2, -0.15) is 0 Å². The molecule has 0 saturated heterocycles. The molecule has 0 bridgehead atoms. The topological polar surface area (TPSA) is 88.0 Å². The Morgan fingerprint density at radius 3 is 2.41 bits per heavy atom. The summed E-state index contributed by atoms with van der Waals surface area (Å²) in [5.74, 6) is -0.244. The van der Waals surface area contributed by atoms with Gasteiger partial charge in [0.25, 0.3) is 5.91 Å². The second kappa shape index (κ2) is 8.18. The van der Waals surface area contributed by atoms with E-state index in [0.29, 0.717) is 17.9 Å². The van der Waals surface area contributed by atoms with Crippen LogP contribution in [0.2, 0.25) is 0 Å². The van der Waals surface area contributed by atoms with Crippen molar-refractivity contribution >= 4 is 23.3 Å². The maximum absolute atomic E-state index is 12.2. The molecule has 3 amide bonds. The van der Waals surface area contributed by atoms with Gasteiger partial charge in [0.2, 0.25) is 0 Å². The molecule has 0 unspecified atom stereocenters. The Bertz CT molecular complexity index is 964. The number of nitrogens with zero attached hydrogens (tertiary/aromatic N) is 2. The summed E-state index contributed by atoms with van der Waals surface area (Å²) in [5.41, 5.74) is 3.67. The first-order valence-corrected chi connectivity index (χ1v) is 8.49. The first-order chi connectivity index (χ1) is 13.0. The molecule has 0 atom stereocenters. The maximum Gasteiger partial charge on any atom is 0.323 e. The summed E-state index contributed by atoms with van der Waals surface area (Å²) < 4.78 is 1.71. The lowest BCUT2D eigenvalue weighted by atomic mass is 10.2. The van der Waals surface area contributed by atoms with Crippen LogP contribution < -0.4 is 16.0 Å². The van der Waals surface area contributed by atoms with Gasteiger partial charge < -0.3 is 20.5 Å². The minimum atomic E-state index is -0.324. The van der Waals surface area contributed by atoms with Crippen molar-refractivity contribution in [2.45, 2.75) is 13.5 Å². The van der Waals surface area contributed by atoms with E-state index < -0.39 is 0 Å². The Kier molecular flexibility index (Phi) is 5.51. The largest absolute Gasteiger partial charge is 0.347 e. The Morgan fingerprint density at radius 1 is 1.04 bits per heavy atom. The predicted octanol–water partition coefficient (Wildman–Crippen LogP) is 3.30. The second-order valence-electron chi connectivity index (χ2n) is 6.26. The standard InChI is InChI=1S/C20H21N5O2/c1-14-5-3-7-16(9-14)23-20(27)24-17-8-4-6-15(10-17)11-21-19(26)18-12-25(2)13-22-18/h3-10,12-13H,11H2,1-2H3,(H,21,26)(H2,23,24,27). The smallest absolute Gasteiger partial charge is 0.323 e. The van der Waals surface area contributed by atoms with Crippen molar-refractivity contribution in [3.8, 4) is 0 Å².